The molecule has 0 saturated heterocycles. The Morgan fingerprint density at radius 3 is 2.40 bits per heavy atom. The molecule has 0 fully saturated rings. The minimum atomic E-state index is -0.684. The minimum absolute atomic E-state index is 0.209. The molecule has 5 heteroatoms. The summed E-state index contributed by atoms with van der Waals surface area (Å²) in [6.45, 7) is 6.40. The number of carbonyl (C=O) groups is 1. The Kier molecular flexibility index (Phi) is 5.98. The third-order valence-electron chi connectivity index (χ3n) is 3.10. The number of aryl methyl sites for hydroxylation is 3. The third kappa shape index (κ3) is 4.51. The second-order valence-electron chi connectivity index (χ2n) is 5.19. The number of anilines is 1. The molecule has 5 nitrogen and oxygen atoms in total. The van der Waals surface area contributed by atoms with E-state index in [2.05, 4.69) is 5.32 Å². The quantitative estimate of drug-likeness (QED) is 0.868. The van der Waals surface area contributed by atoms with E-state index in [-0.39, 0.29) is 19.2 Å². The average molecular weight is 280 g/mol. The predicted molar refractivity (Wildman–Crippen MR) is 80.2 cm³/mol. The molecule has 20 heavy (non-hydrogen) atoms. The molecular weight excluding hydrogens is 256 g/mol. The topological polar surface area (TPSA) is 61.8 Å². The number of urea groups is 1. The summed E-state index contributed by atoms with van der Waals surface area (Å²) in [6, 6.07) is 3.82. The van der Waals surface area contributed by atoms with Gasteiger partial charge in [-0.15, -0.1) is 0 Å². The lowest BCUT2D eigenvalue weighted by atomic mass is 10.1. The van der Waals surface area contributed by atoms with Gasteiger partial charge >= 0.3 is 6.03 Å². The Bertz CT molecular complexity index is 451. The summed E-state index contributed by atoms with van der Waals surface area (Å²) in [5.74, 6) is 0. The van der Waals surface area contributed by atoms with Crippen LogP contribution in [-0.4, -0.2) is 49.5 Å². The molecule has 0 saturated carbocycles. The van der Waals surface area contributed by atoms with Crippen LogP contribution < -0.4 is 5.32 Å². The van der Waals surface area contributed by atoms with Crippen molar-refractivity contribution in [3.8, 4) is 0 Å². The van der Waals surface area contributed by atoms with Crippen LogP contribution in [0.3, 0.4) is 0 Å². The Morgan fingerprint density at radius 2 is 1.90 bits per heavy atom. The van der Waals surface area contributed by atoms with Gasteiger partial charge in [-0.3, -0.25) is 0 Å². The highest BCUT2D eigenvalue weighted by Gasteiger charge is 2.15. The van der Waals surface area contributed by atoms with Gasteiger partial charge in [0.25, 0.3) is 0 Å². The van der Waals surface area contributed by atoms with E-state index < -0.39 is 6.10 Å². The van der Waals surface area contributed by atoms with Crippen LogP contribution in [-0.2, 0) is 4.74 Å². The zero-order chi connectivity index (χ0) is 15.3. The van der Waals surface area contributed by atoms with E-state index in [0.29, 0.717) is 0 Å². The molecule has 0 aliphatic rings. The van der Waals surface area contributed by atoms with Gasteiger partial charge < -0.3 is 20.1 Å². The first-order chi connectivity index (χ1) is 9.35. The summed E-state index contributed by atoms with van der Waals surface area (Å²) >= 11 is 0. The number of carbonyl (C=O) groups excluding carboxylic acids is 1. The molecule has 1 atom stereocenters. The van der Waals surface area contributed by atoms with E-state index in [1.54, 1.807) is 7.05 Å². The molecule has 1 unspecified atom stereocenters. The summed E-state index contributed by atoms with van der Waals surface area (Å²) in [5, 5.41) is 12.5. The van der Waals surface area contributed by atoms with Gasteiger partial charge in [0, 0.05) is 19.8 Å². The number of ether oxygens (including phenoxy) is 1. The summed E-state index contributed by atoms with van der Waals surface area (Å²) in [4.78, 5) is 13.6. The van der Waals surface area contributed by atoms with Gasteiger partial charge in [-0.25, -0.2) is 4.79 Å². The van der Waals surface area contributed by atoms with Gasteiger partial charge in [-0.05, 0) is 31.9 Å². The largest absolute Gasteiger partial charge is 0.389 e. The molecule has 0 aliphatic carbocycles. The highest BCUT2D eigenvalue weighted by molar-refractivity contribution is 5.91. The van der Waals surface area contributed by atoms with E-state index in [1.807, 2.05) is 32.9 Å². The number of nitrogens with one attached hydrogen (secondary N) is 1. The maximum atomic E-state index is 12.1. The average Bonchev–Trinajstić information content (AvgIpc) is 2.33. The van der Waals surface area contributed by atoms with Crippen molar-refractivity contribution in [3.63, 3.8) is 0 Å². The van der Waals surface area contributed by atoms with Crippen molar-refractivity contribution in [2.24, 2.45) is 0 Å². The summed E-state index contributed by atoms with van der Waals surface area (Å²) in [7, 11) is 3.16. The number of hydrogen-bond donors (Lipinski definition) is 2. The first kappa shape index (κ1) is 16.5. The van der Waals surface area contributed by atoms with Crippen molar-refractivity contribution in [2.45, 2.75) is 26.9 Å². The van der Waals surface area contributed by atoms with Crippen LogP contribution in [0.2, 0.25) is 0 Å². The van der Waals surface area contributed by atoms with Crippen molar-refractivity contribution in [2.75, 3.05) is 32.6 Å². The Labute approximate surface area is 120 Å². The molecular formula is C15H24N2O3. The minimum Gasteiger partial charge on any atom is -0.389 e. The van der Waals surface area contributed by atoms with E-state index in [4.69, 9.17) is 4.74 Å². The van der Waals surface area contributed by atoms with Crippen molar-refractivity contribution in [3.05, 3.63) is 28.8 Å². The van der Waals surface area contributed by atoms with Crippen molar-refractivity contribution >= 4 is 11.7 Å². The molecule has 0 spiro atoms. The summed E-state index contributed by atoms with van der Waals surface area (Å²) in [5.41, 5.74) is 4.05. The smallest absolute Gasteiger partial charge is 0.321 e. The number of aliphatic hydroxyl groups is 1. The molecule has 1 rings (SSSR count). The SMILES string of the molecule is COCC(O)CN(C)C(=O)Nc1c(C)cc(C)cc1C. The maximum Gasteiger partial charge on any atom is 0.321 e. The first-order valence-electron chi connectivity index (χ1n) is 6.62. The van der Waals surface area contributed by atoms with E-state index in [9.17, 15) is 9.90 Å². The Hall–Kier alpha value is -1.59. The molecule has 2 N–H and O–H groups in total. The highest BCUT2D eigenvalue weighted by Crippen LogP contribution is 2.22. The van der Waals surface area contributed by atoms with Gasteiger partial charge in [-0.2, -0.15) is 0 Å². The molecule has 2 amide bonds. The fraction of sp³-hybridized carbons (Fsp3) is 0.533. The molecule has 0 heterocycles. The lowest BCUT2D eigenvalue weighted by Crippen LogP contribution is -2.39. The number of methoxy groups -OCH3 is 1. The van der Waals surface area contributed by atoms with Gasteiger partial charge in [0.1, 0.15) is 0 Å². The number of benzene rings is 1. The van der Waals surface area contributed by atoms with Gasteiger partial charge in [0.15, 0.2) is 0 Å². The van der Waals surface area contributed by atoms with Crippen molar-refractivity contribution in [1.29, 1.82) is 0 Å². The third-order valence-corrected chi connectivity index (χ3v) is 3.10. The van der Waals surface area contributed by atoms with Gasteiger partial charge in [-0.1, -0.05) is 17.7 Å². The summed E-state index contributed by atoms with van der Waals surface area (Å²) < 4.78 is 4.85. The van der Waals surface area contributed by atoms with Crippen LogP contribution in [0.15, 0.2) is 12.1 Å². The number of amides is 2. The zero-order valence-electron chi connectivity index (χ0n) is 12.9. The second-order valence-corrected chi connectivity index (χ2v) is 5.19. The lowest BCUT2D eigenvalue weighted by Gasteiger charge is -2.22. The Morgan fingerprint density at radius 1 is 1.35 bits per heavy atom. The van der Waals surface area contributed by atoms with Crippen LogP contribution in [0.4, 0.5) is 10.5 Å². The van der Waals surface area contributed by atoms with E-state index in [1.165, 1.54) is 17.6 Å². The van der Waals surface area contributed by atoms with Crippen LogP contribution in [0.1, 0.15) is 16.7 Å². The Balaban J connectivity index is 2.71. The fourth-order valence-electron chi connectivity index (χ4n) is 2.22. The molecule has 0 radical (unpaired) electrons. The second kappa shape index (κ2) is 7.26. The number of aliphatic hydroxyl groups excluding tert-OH is 1. The normalized spacial score (nSPS) is 12.1. The molecule has 0 bridgehead atoms. The van der Waals surface area contributed by atoms with Gasteiger partial charge in [0.2, 0.25) is 0 Å². The lowest BCUT2D eigenvalue weighted by molar-refractivity contribution is 0.0501. The number of nitrogens with zero attached hydrogens (tertiary/aromatic N) is 1. The molecule has 0 aromatic heterocycles. The highest BCUT2D eigenvalue weighted by atomic mass is 16.5. The zero-order valence-corrected chi connectivity index (χ0v) is 12.9. The molecule has 1 aromatic rings. The van der Waals surface area contributed by atoms with Crippen LogP contribution in [0.5, 0.6) is 0 Å². The molecule has 0 aliphatic heterocycles. The van der Waals surface area contributed by atoms with Crippen LogP contribution >= 0.6 is 0 Å². The number of rotatable bonds is 5. The number of hydrogen-bond acceptors (Lipinski definition) is 3. The monoisotopic (exact) mass is 280 g/mol. The first-order valence-corrected chi connectivity index (χ1v) is 6.62. The van der Waals surface area contributed by atoms with Crippen molar-refractivity contribution < 1.29 is 14.6 Å². The molecule has 1 aromatic carbocycles. The van der Waals surface area contributed by atoms with Crippen LogP contribution in [0, 0.1) is 20.8 Å². The predicted octanol–water partition coefficient (Wildman–Crippen LogP) is 2.08. The standard InChI is InChI=1S/C15H24N2O3/c1-10-6-11(2)14(12(3)7-10)16-15(19)17(4)8-13(18)9-20-5/h6-7,13,18H,8-9H2,1-5H3,(H,16,19). The van der Waals surface area contributed by atoms with E-state index in [0.717, 1.165) is 16.8 Å². The van der Waals surface area contributed by atoms with Gasteiger partial charge in [0.05, 0.1) is 19.3 Å². The maximum absolute atomic E-state index is 12.1. The van der Waals surface area contributed by atoms with Crippen LogP contribution in [0.25, 0.3) is 0 Å². The molecule has 112 valence electrons. The van der Waals surface area contributed by atoms with E-state index >= 15 is 0 Å². The number of likely N-dealkylation sites (N-methyl/N-ethyl adjacent to an activating group) is 1. The van der Waals surface area contributed by atoms with Crippen molar-refractivity contribution in [1.82, 2.24) is 4.90 Å². The summed E-state index contributed by atoms with van der Waals surface area (Å²) in [6.07, 6.45) is -0.684. The fourth-order valence-corrected chi connectivity index (χ4v) is 2.22.